The normalized spacial score (nSPS) is 10.5. The number of rotatable bonds is 4. The van der Waals surface area contributed by atoms with Gasteiger partial charge in [-0.2, -0.15) is 0 Å². The lowest BCUT2D eigenvalue weighted by Gasteiger charge is -2.06. The standard InChI is InChI=1S/C12H13BrN2OS/c1-2-16-8-3-4-9(10(13)5-8)11-7-17-12(6-14)15-11/h3-5,7H,2,6,14H2,1H3. The first-order valence-electron chi connectivity index (χ1n) is 5.31. The summed E-state index contributed by atoms with van der Waals surface area (Å²) >= 11 is 5.12. The average Bonchev–Trinajstić information content (AvgIpc) is 2.78. The molecule has 3 nitrogen and oxygen atoms in total. The third kappa shape index (κ3) is 2.86. The molecule has 0 saturated carbocycles. The molecule has 1 heterocycles. The lowest BCUT2D eigenvalue weighted by atomic mass is 10.2. The molecule has 0 fully saturated rings. The summed E-state index contributed by atoms with van der Waals surface area (Å²) < 4.78 is 6.42. The Bertz CT molecular complexity index is 513. The van der Waals surface area contributed by atoms with E-state index in [1.165, 1.54) is 0 Å². The van der Waals surface area contributed by atoms with Crippen molar-refractivity contribution in [1.82, 2.24) is 4.98 Å². The van der Waals surface area contributed by atoms with Crippen molar-refractivity contribution in [3.05, 3.63) is 33.1 Å². The maximum atomic E-state index is 5.56. The van der Waals surface area contributed by atoms with Gasteiger partial charge in [0.2, 0.25) is 0 Å². The molecule has 0 aliphatic rings. The van der Waals surface area contributed by atoms with Gasteiger partial charge < -0.3 is 10.5 Å². The number of nitrogens with zero attached hydrogens (tertiary/aromatic N) is 1. The Morgan fingerprint density at radius 3 is 2.88 bits per heavy atom. The molecule has 2 aromatic rings. The van der Waals surface area contributed by atoms with E-state index in [0.717, 1.165) is 26.5 Å². The Hall–Kier alpha value is -0.910. The summed E-state index contributed by atoms with van der Waals surface area (Å²) in [5.41, 5.74) is 7.57. The molecule has 0 atom stereocenters. The summed E-state index contributed by atoms with van der Waals surface area (Å²) in [4.78, 5) is 4.46. The van der Waals surface area contributed by atoms with E-state index in [0.29, 0.717) is 13.2 Å². The fraction of sp³-hybridized carbons (Fsp3) is 0.250. The van der Waals surface area contributed by atoms with Gasteiger partial charge in [0, 0.05) is 22.0 Å². The molecule has 1 aromatic heterocycles. The molecule has 5 heteroatoms. The minimum absolute atomic E-state index is 0.485. The summed E-state index contributed by atoms with van der Waals surface area (Å²) in [6, 6.07) is 5.91. The lowest BCUT2D eigenvalue weighted by molar-refractivity contribution is 0.340. The molecule has 0 unspecified atom stereocenters. The Morgan fingerprint density at radius 1 is 1.47 bits per heavy atom. The SMILES string of the molecule is CCOc1ccc(-c2csc(CN)n2)c(Br)c1. The highest BCUT2D eigenvalue weighted by Gasteiger charge is 2.08. The number of nitrogens with two attached hydrogens (primary N) is 1. The smallest absolute Gasteiger partial charge is 0.120 e. The summed E-state index contributed by atoms with van der Waals surface area (Å²) in [6.45, 7) is 3.12. The molecule has 0 amide bonds. The first-order valence-corrected chi connectivity index (χ1v) is 6.99. The molecule has 2 N–H and O–H groups in total. The Kier molecular flexibility index (Phi) is 4.15. The summed E-state index contributed by atoms with van der Waals surface area (Å²) in [5.74, 6) is 0.859. The molecule has 0 radical (unpaired) electrons. The van der Waals surface area contributed by atoms with Crippen LogP contribution in [0.15, 0.2) is 28.1 Å². The molecule has 17 heavy (non-hydrogen) atoms. The first kappa shape index (κ1) is 12.5. The van der Waals surface area contributed by atoms with Crippen molar-refractivity contribution in [2.75, 3.05) is 6.61 Å². The van der Waals surface area contributed by atoms with Crippen LogP contribution >= 0.6 is 27.3 Å². The van der Waals surface area contributed by atoms with Crippen molar-refractivity contribution in [1.29, 1.82) is 0 Å². The molecule has 0 aliphatic heterocycles. The maximum absolute atomic E-state index is 5.56. The highest BCUT2D eigenvalue weighted by molar-refractivity contribution is 9.10. The molecule has 0 aliphatic carbocycles. The largest absolute Gasteiger partial charge is 0.494 e. The van der Waals surface area contributed by atoms with Crippen molar-refractivity contribution in [3.63, 3.8) is 0 Å². The predicted molar refractivity (Wildman–Crippen MR) is 74.3 cm³/mol. The molecule has 0 saturated heterocycles. The van der Waals surface area contributed by atoms with E-state index in [2.05, 4.69) is 20.9 Å². The third-order valence-corrected chi connectivity index (χ3v) is 3.78. The van der Waals surface area contributed by atoms with Crippen LogP contribution in [0.4, 0.5) is 0 Å². The minimum Gasteiger partial charge on any atom is -0.494 e. The zero-order chi connectivity index (χ0) is 12.3. The van der Waals surface area contributed by atoms with E-state index in [1.54, 1.807) is 11.3 Å². The van der Waals surface area contributed by atoms with Crippen molar-refractivity contribution in [2.24, 2.45) is 5.73 Å². The average molecular weight is 313 g/mol. The molecular weight excluding hydrogens is 300 g/mol. The number of ether oxygens (including phenoxy) is 1. The highest BCUT2D eigenvalue weighted by Crippen LogP contribution is 2.32. The molecule has 0 spiro atoms. The fourth-order valence-electron chi connectivity index (χ4n) is 1.49. The van der Waals surface area contributed by atoms with Gasteiger partial charge in [-0.15, -0.1) is 11.3 Å². The van der Waals surface area contributed by atoms with Crippen LogP contribution in [0.5, 0.6) is 5.75 Å². The van der Waals surface area contributed by atoms with Gasteiger partial charge in [-0.3, -0.25) is 0 Å². The number of benzene rings is 1. The van der Waals surface area contributed by atoms with Crippen LogP contribution in [0.2, 0.25) is 0 Å². The van der Waals surface area contributed by atoms with E-state index in [9.17, 15) is 0 Å². The van der Waals surface area contributed by atoms with E-state index < -0.39 is 0 Å². The number of hydrogen-bond donors (Lipinski definition) is 1. The van der Waals surface area contributed by atoms with Gasteiger partial charge >= 0.3 is 0 Å². The molecule has 90 valence electrons. The van der Waals surface area contributed by atoms with Gasteiger partial charge in [-0.05, 0) is 41.1 Å². The minimum atomic E-state index is 0.485. The molecular formula is C12H13BrN2OS. The summed E-state index contributed by atoms with van der Waals surface area (Å²) in [7, 11) is 0. The first-order chi connectivity index (χ1) is 8.24. The van der Waals surface area contributed by atoms with Crippen LogP contribution in [-0.2, 0) is 6.54 Å². The van der Waals surface area contributed by atoms with Gasteiger partial charge in [0.25, 0.3) is 0 Å². The van der Waals surface area contributed by atoms with Crippen LogP contribution in [0.3, 0.4) is 0 Å². The quantitative estimate of drug-likeness (QED) is 0.941. The van der Waals surface area contributed by atoms with E-state index in [1.807, 2.05) is 30.5 Å². The van der Waals surface area contributed by atoms with Crippen molar-refractivity contribution >= 4 is 27.3 Å². The third-order valence-electron chi connectivity index (χ3n) is 2.25. The van der Waals surface area contributed by atoms with Gasteiger partial charge in [0.1, 0.15) is 10.8 Å². The maximum Gasteiger partial charge on any atom is 0.120 e. The van der Waals surface area contributed by atoms with Crippen molar-refractivity contribution < 1.29 is 4.74 Å². The van der Waals surface area contributed by atoms with Crippen LogP contribution in [-0.4, -0.2) is 11.6 Å². The molecule has 1 aromatic carbocycles. The molecule has 0 bridgehead atoms. The van der Waals surface area contributed by atoms with Crippen LogP contribution in [0, 0.1) is 0 Å². The fourth-order valence-corrected chi connectivity index (χ4v) is 2.72. The second-order valence-corrected chi connectivity index (χ2v) is 5.20. The predicted octanol–water partition coefficient (Wildman–Crippen LogP) is 3.43. The number of aromatic nitrogens is 1. The van der Waals surface area contributed by atoms with Gasteiger partial charge in [0.05, 0.1) is 12.3 Å². The van der Waals surface area contributed by atoms with Gasteiger partial charge in [-0.1, -0.05) is 0 Å². The second kappa shape index (κ2) is 5.62. The van der Waals surface area contributed by atoms with Crippen molar-refractivity contribution in [2.45, 2.75) is 13.5 Å². The highest BCUT2D eigenvalue weighted by atomic mass is 79.9. The number of halogens is 1. The van der Waals surface area contributed by atoms with Gasteiger partial charge in [0.15, 0.2) is 0 Å². The van der Waals surface area contributed by atoms with Crippen LogP contribution in [0.25, 0.3) is 11.3 Å². The van der Waals surface area contributed by atoms with Crippen LogP contribution < -0.4 is 10.5 Å². The zero-order valence-electron chi connectivity index (χ0n) is 9.44. The molecule has 2 rings (SSSR count). The monoisotopic (exact) mass is 312 g/mol. The summed E-state index contributed by atoms with van der Waals surface area (Å²) in [5, 5.41) is 2.96. The second-order valence-electron chi connectivity index (χ2n) is 3.41. The summed E-state index contributed by atoms with van der Waals surface area (Å²) in [6.07, 6.45) is 0. The zero-order valence-corrected chi connectivity index (χ0v) is 11.8. The topological polar surface area (TPSA) is 48.1 Å². The number of thiazole rings is 1. The Labute approximate surface area is 113 Å². The van der Waals surface area contributed by atoms with Crippen molar-refractivity contribution in [3.8, 4) is 17.0 Å². The Balaban J connectivity index is 2.32. The van der Waals surface area contributed by atoms with Gasteiger partial charge in [-0.25, -0.2) is 4.98 Å². The van der Waals surface area contributed by atoms with E-state index in [-0.39, 0.29) is 0 Å². The van der Waals surface area contributed by atoms with E-state index in [4.69, 9.17) is 10.5 Å². The number of hydrogen-bond acceptors (Lipinski definition) is 4. The van der Waals surface area contributed by atoms with Crippen LogP contribution in [0.1, 0.15) is 11.9 Å². The Morgan fingerprint density at radius 2 is 2.29 bits per heavy atom. The lowest BCUT2D eigenvalue weighted by Crippen LogP contribution is -1.95. The van der Waals surface area contributed by atoms with E-state index >= 15 is 0 Å².